The van der Waals surface area contributed by atoms with E-state index < -0.39 is 0 Å². The fourth-order valence-electron chi connectivity index (χ4n) is 2.44. The molecule has 0 bridgehead atoms. The fraction of sp³-hybridized carbons (Fsp3) is 1.00. The number of hydrogen-bond donors (Lipinski definition) is 2. The molecule has 2 nitrogen and oxygen atoms in total. The molecular formula is C12H23NO. The van der Waals surface area contributed by atoms with Crippen LogP contribution in [0.4, 0.5) is 0 Å². The minimum absolute atomic E-state index is 0.0892. The smallest absolute Gasteiger partial charge is 0.0692 e. The van der Waals surface area contributed by atoms with Gasteiger partial charge in [0.25, 0.3) is 0 Å². The lowest BCUT2D eigenvalue weighted by atomic mass is 9.94. The monoisotopic (exact) mass is 197 g/mol. The highest BCUT2D eigenvalue weighted by molar-refractivity contribution is 4.83. The molecule has 1 atom stereocenters. The Kier molecular flexibility index (Phi) is 3.82. The highest BCUT2D eigenvalue weighted by Gasteiger charge is 2.25. The van der Waals surface area contributed by atoms with Crippen LogP contribution in [0, 0.1) is 5.92 Å². The van der Waals surface area contributed by atoms with E-state index in [9.17, 15) is 5.11 Å². The van der Waals surface area contributed by atoms with Crippen molar-refractivity contribution in [3.05, 3.63) is 0 Å². The molecule has 0 amide bonds. The van der Waals surface area contributed by atoms with Gasteiger partial charge in [0.2, 0.25) is 0 Å². The van der Waals surface area contributed by atoms with Crippen molar-refractivity contribution in [3.63, 3.8) is 0 Å². The van der Waals surface area contributed by atoms with Gasteiger partial charge in [0.05, 0.1) is 6.10 Å². The molecule has 0 spiro atoms. The van der Waals surface area contributed by atoms with Crippen LogP contribution in [-0.2, 0) is 0 Å². The van der Waals surface area contributed by atoms with Crippen molar-refractivity contribution in [2.45, 2.75) is 63.5 Å². The van der Waals surface area contributed by atoms with Gasteiger partial charge in [-0.25, -0.2) is 0 Å². The van der Waals surface area contributed by atoms with E-state index in [0.29, 0.717) is 5.92 Å². The van der Waals surface area contributed by atoms with Crippen LogP contribution in [0.2, 0.25) is 0 Å². The van der Waals surface area contributed by atoms with E-state index in [0.717, 1.165) is 12.6 Å². The Hall–Kier alpha value is -0.0800. The quantitative estimate of drug-likeness (QED) is 0.676. The zero-order chi connectivity index (χ0) is 9.80. The Morgan fingerprint density at radius 1 is 1.00 bits per heavy atom. The van der Waals surface area contributed by atoms with Crippen LogP contribution in [0.5, 0.6) is 0 Å². The third kappa shape index (κ3) is 3.25. The second-order valence-corrected chi connectivity index (χ2v) is 5.00. The molecule has 2 rings (SSSR count). The Morgan fingerprint density at radius 2 is 1.64 bits per heavy atom. The van der Waals surface area contributed by atoms with Crippen molar-refractivity contribution < 1.29 is 5.11 Å². The maximum absolute atomic E-state index is 10.0. The molecule has 0 heterocycles. The molecule has 2 aliphatic carbocycles. The lowest BCUT2D eigenvalue weighted by Gasteiger charge is -2.21. The summed E-state index contributed by atoms with van der Waals surface area (Å²) >= 11 is 0. The largest absolute Gasteiger partial charge is 0.392 e. The van der Waals surface area contributed by atoms with E-state index in [2.05, 4.69) is 5.32 Å². The molecule has 0 aromatic rings. The minimum Gasteiger partial charge on any atom is -0.392 e. The first-order chi connectivity index (χ1) is 6.86. The second kappa shape index (κ2) is 5.13. The summed E-state index contributed by atoms with van der Waals surface area (Å²) in [5.41, 5.74) is 0. The SMILES string of the molecule is OC(CNC1CC1)C1CCCCCC1. The van der Waals surface area contributed by atoms with Gasteiger partial charge in [-0.1, -0.05) is 25.7 Å². The van der Waals surface area contributed by atoms with Crippen LogP contribution in [0.15, 0.2) is 0 Å². The molecular weight excluding hydrogens is 174 g/mol. The number of aliphatic hydroxyl groups is 1. The standard InChI is InChI=1S/C12H23NO/c14-12(9-13-11-7-8-11)10-5-3-1-2-4-6-10/h10-14H,1-9H2. The van der Waals surface area contributed by atoms with Crippen molar-refractivity contribution >= 4 is 0 Å². The number of nitrogens with one attached hydrogen (secondary N) is 1. The maximum atomic E-state index is 10.0. The van der Waals surface area contributed by atoms with Gasteiger partial charge in [0, 0.05) is 12.6 Å². The van der Waals surface area contributed by atoms with E-state index in [1.165, 1.54) is 51.4 Å². The van der Waals surface area contributed by atoms with Crippen LogP contribution in [0.3, 0.4) is 0 Å². The van der Waals surface area contributed by atoms with Gasteiger partial charge in [-0.05, 0) is 31.6 Å². The molecule has 82 valence electrons. The van der Waals surface area contributed by atoms with Gasteiger partial charge in [0.1, 0.15) is 0 Å². The van der Waals surface area contributed by atoms with E-state index in [4.69, 9.17) is 0 Å². The lowest BCUT2D eigenvalue weighted by Crippen LogP contribution is -2.33. The normalized spacial score (nSPS) is 27.2. The molecule has 0 saturated heterocycles. The van der Waals surface area contributed by atoms with Gasteiger partial charge < -0.3 is 10.4 Å². The van der Waals surface area contributed by atoms with Gasteiger partial charge >= 0.3 is 0 Å². The second-order valence-electron chi connectivity index (χ2n) is 5.00. The first kappa shape index (κ1) is 10.4. The zero-order valence-electron chi connectivity index (χ0n) is 9.04. The van der Waals surface area contributed by atoms with Crippen LogP contribution in [0.1, 0.15) is 51.4 Å². The maximum Gasteiger partial charge on any atom is 0.0692 e. The molecule has 14 heavy (non-hydrogen) atoms. The van der Waals surface area contributed by atoms with Crippen LogP contribution < -0.4 is 5.32 Å². The zero-order valence-corrected chi connectivity index (χ0v) is 9.04. The Morgan fingerprint density at radius 3 is 2.21 bits per heavy atom. The average Bonchev–Trinajstić information content (AvgIpc) is 3.01. The summed E-state index contributed by atoms with van der Waals surface area (Å²) in [7, 11) is 0. The molecule has 2 fully saturated rings. The molecule has 2 N–H and O–H groups in total. The highest BCUT2D eigenvalue weighted by atomic mass is 16.3. The Labute approximate surface area is 87.1 Å². The van der Waals surface area contributed by atoms with Gasteiger partial charge in [0.15, 0.2) is 0 Å². The highest BCUT2D eigenvalue weighted by Crippen LogP contribution is 2.26. The Balaban J connectivity index is 1.67. The third-order valence-corrected chi connectivity index (χ3v) is 3.64. The lowest BCUT2D eigenvalue weighted by molar-refractivity contribution is 0.0969. The molecule has 0 aliphatic heterocycles. The van der Waals surface area contributed by atoms with Gasteiger partial charge in [-0.15, -0.1) is 0 Å². The van der Waals surface area contributed by atoms with Crippen LogP contribution in [-0.4, -0.2) is 23.8 Å². The van der Waals surface area contributed by atoms with Crippen molar-refractivity contribution in [3.8, 4) is 0 Å². The van der Waals surface area contributed by atoms with Crippen LogP contribution in [0.25, 0.3) is 0 Å². The van der Waals surface area contributed by atoms with Gasteiger partial charge in [-0.2, -0.15) is 0 Å². The first-order valence-corrected chi connectivity index (χ1v) is 6.28. The number of hydrogen-bond acceptors (Lipinski definition) is 2. The molecule has 0 aromatic carbocycles. The summed E-state index contributed by atoms with van der Waals surface area (Å²) in [5, 5.41) is 13.4. The van der Waals surface area contributed by atoms with E-state index >= 15 is 0 Å². The van der Waals surface area contributed by atoms with Crippen molar-refractivity contribution in [2.24, 2.45) is 5.92 Å². The van der Waals surface area contributed by atoms with Crippen LogP contribution >= 0.6 is 0 Å². The molecule has 2 saturated carbocycles. The summed E-state index contributed by atoms with van der Waals surface area (Å²) in [4.78, 5) is 0. The first-order valence-electron chi connectivity index (χ1n) is 6.28. The molecule has 0 aromatic heterocycles. The molecule has 2 aliphatic rings. The summed E-state index contributed by atoms with van der Waals surface area (Å²) in [5.74, 6) is 0.573. The average molecular weight is 197 g/mol. The van der Waals surface area contributed by atoms with Crippen molar-refractivity contribution in [2.75, 3.05) is 6.54 Å². The number of aliphatic hydroxyl groups excluding tert-OH is 1. The molecule has 2 heteroatoms. The Bertz CT molecular complexity index is 160. The summed E-state index contributed by atoms with van der Waals surface area (Å²) in [6.07, 6.45) is 10.4. The summed E-state index contributed by atoms with van der Waals surface area (Å²) < 4.78 is 0. The van der Waals surface area contributed by atoms with Crippen molar-refractivity contribution in [1.82, 2.24) is 5.32 Å². The predicted octanol–water partition coefficient (Wildman–Crippen LogP) is 2.07. The van der Waals surface area contributed by atoms with E-state index in [-0.39, 0.29) is 6.10 Å². The topological polar surface area (TPSA) is 32.3 Å². The third-order valence-electron chi connectivity index (χ3n) is 3.64. The molecule has 1 unspecified atom stereocenters. The van der Waals surface area contributed by atoms with E-state index in [1.54, 1.807) is 0 Å². The number of rotatable bonds is 4. The predicted molar refractivity (Wildman–Crippen MR) is 58.2 cm³/mol. The van der Waals surface area contributed by atoms with E-state index in [1.807, 2.05) is 0 Å². The summed E-state index contributed by atoms with van der Waals surface area (Å²) in [6.45, 7) is 0.829. The van der Waals surface area contributed by atoms with Gasteiger partial charge in [-0.3, -0.25) is 0 Å². The minimum atomic E-state index is -0.0892. The van der Waals surface area contributed by atoms with Crippen molar-refractivity contribution in [1.29, 1.82) is 0 Å². The molecule has 0 radical (unpaired) electrons. The summed E-state index contributed by atoms with van der Waals surface area (Å²) in [6, 6.07) is 0.732. The fourth-order valence-corrected chi connectivity index (χ4v) is 2.44.